The Hall–Kier alpha value is -0.645. The Bertz CT molecular complexity index is 316. The van der Waals surface area contributed by atoms with Crippen LogP contribution in [0.4, 0.5) is 0 Å². The van der Waals surface area contributed by atoms with E-state index in [-0.39, 0.29) is 0 Å². The molecule has 0 aliphatic carbocycles. The van der Waals surface area contributed by atoms with E-state index in [1.165, 1.54) is 6.42 Å². The van der Waals surface area contributed by atoms with E-state index in [4.69, 9.17) is 14.8 Å². The van der Waals surface area contributed by atoms with Crippen LogP contribution in [0.25, 0.3) is 0 Å². The van der Waals surface area contributed by atoms with Crippen molar-refractivity contribution >= 4 is 24.3 Å². The Morgan fingerprint density at radius 2 is 1.94 bits per heavy atom. The highest BCUT2D eigenvalue weighted by molar-refractivity contribution is 7.99. The van der Waals surface area contributed by atoms with Crippen molar-refractivity contribution in [2.45, 2.75) is 25.5 Å². The smallest absolute Gasteiger partial charge is 0.488 e. The zero-order chi connectivity index (χ0) is 12.7. The van der Waals surface area contributed by atoms with Crippen molar-refractivity contribution in [1.82, 2.24) is 0 Å². The van der Waals surface area contributed by atoms with Crippen molar-refractivity contribution in [3.63, 3.8) is 0 Å². The van der Waals surface area contributed by atoms with Gasteiger partial charge in [0.2, 0.25) is 0 Å². The van der Waals surface area contributed by atoms with Gasteiger partial charge in [0, 0.05) is 11.0 Å². The summed E-state index contributed by atoms with van der Waals surface area (Å²) in [5.74, 6) is 1.73. The average molecular weight is 254 g/mol. The molecule has 2 N–H and O–H groups in total. The second kappa shape index (κ2) is 7.64. The number of benzene rings is 1. The van der Waals surface area contributed by atoms with Gasteiger partial charge in [-0.15, -0.1) is 0 Å². The Morgan fingerprint density at radius 3 is 2.47 bits per heavy atom. The second-order valence-electron chi connectivity index (χ2n) is 3.88. The summed E-state index contributed by atoms with van der Waals surface area (Å²) in [5.41, 5.74) is 0.478. The van der Waals surface area contributed by atoms with Crippen LogP contribution >= 0.6 is 11.8 Å². The molecule has 94 valence electrons. The largest absolute Gasteiger partial charge is 0.493 e. The molecule has 17 heavy (non-hydrogen) atoms. The third kappa shape index (κ3) is 5.48. The highest BCUT2D eigenvalue weighted by Gasteiger charge is 2.09. The summed E-state index contributed by atoms with van der Waals surface area (Å²) in [6.07, 6.45) is 1.17. The number of hydrogen-bond donors (Lipinski definition) is 2. The van der Waals surface area contributed by atoms with Crippen molar-refractivity contribution in [1.29, 1.82) is 0 Å². The molecular weight excluding hydrogens is 235 g/mol. The first-order valence-corrected chi connectivity index (χ1v) is 6.89. The van der Waals surface area contributed by atoms with E-state index in [0.717, 1.165) is 11.5 Å². The molecule has 0 saturated carbocycles. The van der Waals surface area contributed by atoms with Gasteiger partial charge in [-0.1, -0.05) is 26.0 Å². The molecule has 0 heterocycles. The molecule has 1 aromatic carbocycles. The SMILES string of the molecule is CCC(C)SCCOc1ccc(B(O)O)cc1. The van der Waals surface area contributed by atoms with Crippen molar-refractivity contribution in [3.8, 4) is 5.75 Å². The number of ether oxygens (including phenoxy) is 1. The quantitative estimate of drug-likeness (QED) is 0.568. The summed E-state index contributed by atoms with van der Waals surface area (Å²) in [4.78, 5) is 0. The van der Waals surface area contributed by atoms with E-state index in [0.29, 0.717) is 17.3 Å². The van der Waals surface area contributed by atoms with Crippen molar-refractivity contribution in [2.24, 2.45) is 0 Å². The molecule has 0 bridgehead atoms. The zero-order valence-electron chi connectivity index (χ0n) is 10.3. The number of thioether (sulfide) groups is 1. The fourth-order valence-electron chi connectivity index (χ4n) is 1.26. The lowest BCUT2D eigenvalue weighted by Crippen LogP contribution is -2.29. The molecule has 0 fully saturated rings. The van der Waals surface area contributed by atoms with Crippen LogP contribution in [-0.2, 0) is 0 Å². The molecule has 0 radical (unpaired) electrons. The predicted molar refractivity (Wildman–Crippen MR) is 74.0 cm³/mol. The second-order valence-corrected chi connectivity index (χ2v) is 5.43. The van der Waals surface area contributed by atoms with Gasteiger partial charge < -0.3 is 14.8 Å². The first-order chi connectivity index (χ1) is 8.13. The van der Waals surface area contributed by atoms with E-state index >= 15 is 0 Å². The summed E-state index contributed by atoms with van der Waals surface area (Å²) in [6, 6.07) is 6.81. The molecule has 0 aromatic heterocycles. The molecule has 0 aliphatic rings. The van der Waals surface area contributed by atoms with E-state index < -0.39 is 7.12 Å². The standard InChI is InChI=1S/C12H19BO3S/c1-3-10(2)17-9-8-16-12-6-4-11(5-7-12)13(14)15/h4-7,10,14-15H,3,8-9H2,1-2H3. The lowest BCUT2D eigenvalue weighted by atomic mass is 9.80. The van der Waals surface area contributed by atoms with Crippen LogP contribution in [-0.4, -0.2) is 34.8 Å². The minimum atomic E-state index is -1.41. The minimum Gasteiger partial charge on any atom is -0.493 e. The Kier molecular flexibility index (Phi) is 6.48. The van der Waals surface area contributed by atoms with Gasteiger partial charge in [0.15, 0.2) is 0 Å². The molecule has 1 rings (SSSR count). The van der Waals surface area contributed by atoms with Crippen LogP contribution < -0.4 is 10.2 Å². The fourth-order valence-corrected chi connectivity index (χ4v) is 2.08. The van der Waals surface area contributed by atoms with Gasteiger partial charge >= 0.3 is 7.12 Å². The van der Waals surface area contributed by atoms with Crippen LogP contribution in [0.15, 0.2) is 24.3 Å². The van der Waals surface area contributed by atoms with E-state index in [1.807, 2.05) is 11.8 Å². The molecule has 5 heteroatoms. The maximum atomic E-state index is 8.93. The van der Waals surface area contributed by atoms with Crippen LogP contribution in [0.2, 0.25) is 0 Å². The van der Waals surface area contributed by atoms with Crippen molar-refractivity contribution < 1.29 is 14.8 Å². The van der Waals surface area contributed by atoms with Gasteiger partial charge in [-0.2, -0.15) is 11.8 Å². The zero-order valence-corrected chi connectivity index (χ0v) is 11.1. The van der Waals surface area contributed by atoms with Gasteiger partial charge in [-0.25, -0.2) is 0 Å². The molecule has 0 aliphatic heterocycles. The first-order valence-electron chi connectivity index (χ1n) is 5.84. The topological polar surface area (TPSA) is 49.7 Å². The highest BCUT2D eigenvalue weighted by atomic mass is 32.2. The molecule has 1 unspecified atom stereocenters. The van der Waals surface area contributed by atoms with Crippen molar-refractivity contribution in [2.75, 3.05) is 12.4 Å². The van der Waals surface area contributed by atoms with Gasteiger partial charge in [-0.3, -0.25) is 0 Å². The molecule has 1 aromatic rings. The molecule has 0 amide bonds. The first kappa shape index (κ1) is 14.4. The molecule has 3 nitrogen and oxygen atoms in total. The fraction of sp³-hybridized carbons (Fsp3) is 0.500. The predicted octanol–water partition coefficient (Wildman–Crippen LogP) is 1.28. The third-order valence-corrected chi connectivity index (χ3v) is 3.81. The van der Waals surface area contributed by atoms with Crippen LogP contribution in [0.5, 0.6) is 5.75 Å². The summed E-state index contributed by atoms with van der Waals surface area (Å²) in [5, 5.41) is 18.5. The van der Waals surface area contributed by atoms with E-state index in [2.05, 4.69) is 13.8 Å². The van der Waals surface area contributed by atoms with E-state index in [1.54, 1.807) is 24.3 Å². The Morgan fingerprint density at radius 1 is 1.29 bits per heavy atom. The third-order valence-electron chi connectivity index (χ3n) is 2.51. The summed E-state index contributed by atoms with van der Waals surface area (Å²) in [6.45, 7) is 5.07. The molecular formula is C12H19BO3S. The lowest BCUT2D eigenvalue weighted by Gasteiger charge is -2.09. The molecule has 1 atom stereocenters. The summed E-state index contributed by atoms with van der Waals surface area (Å²) < 4.78 is 5.55. The van der Waals surface area contributed by atoms with Crippen LogP contribution in [0, 0.1) is 0 Å². The number of hydrogen-bond acceptors (Lipinski definition) is 4. The lowest BCUT2D eigenvalue weighted by molar-refractivity contribution is 0.344. The van der Waals surface area contributed by atoms with Crippen molar-refractivity contribution in [3.05, 3.63) is 24.3 Å². The van der Waals surface area contributed by atoms with Crippen LogP contribution in [0.1, 0.15) is 20.3 Å². The maximum absolute atomic E-state index is 8.93. The monoisotopic (exact) mass is 254 g/mol. The summed E-state index contributed by atoms with van der Waals surface area (Å²) >= 11 is 1.90. The minimum absolute atomic E-state index is 0.478. The average Bonchev–Trinajstić information content (AvgIpc) is 2.34. The highest BCUT2D eigenvalue weighted by Crippen LogP contribution is 2.14. The normalized spacial score (nSPS) is 12.2. The van der Waals surface area contributed by atoms with Gasteiger partial charge in [0.25, 0.3) is 0 Å². The molecule has 0 spiro atoms. The van der Waals surface area contributed by atoms with Gasteiger partial charge in [0.1, 0.15) is 5.75 Å². The number of rotatable bonds is 7. The Labute approximate surface area is 107 Å². The van der Waals surface area contributed by atoms with Gasteiger partial charge in [0.05, 0.1) is 6.61 Å². The Balaban J connectivity index is 2.28. The molecule has 0 saturated heterocycles. The maximum Gasteiger partial charge on any atom is 0.488 e. The van der Waals surface area contributed by atoms with Crippen LogP contribution in [0.3, 0.4) is 0 Å². The summed E-state index contributed by atoms with van der Waals surface area (Å²) in [7, 11) is -1.41. The van der Waals surface area contributed by atoms with E-state index in [9.17, 15) is 0 Å². The van der Waals surface area contributed by atoms with Gasteiger partial charge in [-0.05, 0) is 24.0 Å².